The van der Waals surface area contributed by atoms with E-state index >= 15 is 4.79 Å². The lowest BCUT2D eigenvalue weighted by atomic mass is 9.95. The minimum Gasteiger partial charge on any atom is -0.454 e. The molecule has 0 saturated carbocycles. The Labute approximate surface area is 593 Å². The maximum atomic E-state index is 15.1. The van der Waals surface area contributed by atoms with E-state index < -0.39 is 169 Å². The molecule has 3 fully saturated rings. The number of nitrogens with one attached hydrogen (secondary N) is 4. The van der Waals surface area contributed by atoms with Gasteiger partial charge in [-0.3, -0.25) is 57.5 Å². The molecule has 546 valence electrons. The summed E-state index contributed by atoms with van der Waals surface area (Å²) in [6, 6.07) is 1.25. The SMILES string of the molecule is C#CC[C@@H]1NC(=O)[C@H](Cc2cccc(I)c2)NC(=O)CN(C)C(=O)[C@H](Cc2ccc(OC(F)C(F)F)cc2)N(C)C(=O)[C@@H]2CCN2C(=O)CN(C)C(=O)[C@H]([C@@H](C)CC)NC(=O)[C@H](CC(C)C)N(C)C(=O)C[C@@H](C(=O)N2CCCCC2)N(C)C(=O)[C@H](CC(C)C)NC(=O)C(C)(C)N(C)C1=O. The van der Waals surface area contributed by atoms with Gasteiger partial charge in [0.1, 0.15) is 59.6 Å². The molecule has 99 heavy (non-hydrogen) atoms. The lowest BCUT2D eigenvalue weighted by molar-refractivity contribution is -0.157. The van der Waals surface area contributed by atoms with Crippen LogP contribution in [-0.4, -0.2) is 252 Å². The lowest BCUT2D eigenvalue weighted by Crippen LogP contribution is -2.64. The smallest absolute Gasteiger partial charge is 0.304 e. The van der Waals surface area contributed by atoms with Gasteiger partial charge in [-0.05, 0) is 128 Å². The van der Waals surface area contributed by atoms with Crippen molar-refractivity contribution in [2.24, 2.45) is 17.8 Å². The number of hydrogen-bond donors (Lipinski definition) is 4. The number of hydrogen-bond acceptors (Lipinski definition) is 13. The highest BCUT2D eigenvalue weighted by Crippen LogP contribution is 2.27. The van der Waals surface area contributed by atoms with Gasteiger partial charge in [0.25, 0.3) is 6.36 Å². The molecule has 0 spiro atoms. The molecule has 25 nitrogen and oxygen atoms in total. The quantitative estimate of drug-likeness (QED) is 0.146. The summed E-state index contributed by atoms with van der Waals surface area (Å²) in [7, 11) is 8.01. The lowest BCUT2D eigenvalue weighted by Gasteiger charge is -2.43. The fourth-order valence-corrected chi connectivity index (χ4v) is 12.6. The summed E-state index contributed by atoms with van der Waals surface area (Å²) in [6.07, 6.45) is 0.782. The van der Waals surface area contributed by atoms with Crippen molar-refractivity contribution in [1.29, 1.82) is 0 Å². The first-order valence-electron chi connectivity index (χ1n) is 33.7. The van der Waals surface area contributed by atoms with E-state index in [4.69, 9.17) is 11.2 Å². The van der Waals surface area contributed by atoms with Gasteiger partial charge in [-0.25, -0.2) is 8.78 Å². The number of nitrogens with zero attached hydrogens (tertiary/aromatic N) is 8. The zero-order valence-corrected chi connectivity index (χ0v) is 61.6. The number of fused-ring (bicyclic) bond motifs is 1. The van der Waals surface area contributed by atoms with Crippen molar-refractivity contribution in [3.8, 4) is 18.1 Å². The predicted octanol–water partition coefficient (Wildman–Crippen LogP) is 3.77. The van der Waals surface area contributed by atoms with Crippen LogP contribution < -0.4 is 26.0 Å². The molecular formula is C70H100F3IN12O13. The van der Waals surface area contributed by atoms with Gasteiger partial charge in [0, 0.05) is 84.8 Å². The summed E-state index contributed by atoms with van der Waals surface area (Å²) in [5.74, 6) is -7.85. The van der Waals surface area contributed by atoms with Gasteiger partial charge >= 0.3 is 6.43 Å². The molecular weight excluding hydrogens is 1400 g/mol. The Balaban J connectivity index is 1.62. The van der Waals surface area contributed by atoms with E-state index in [0.717, 1.165) is 34.5 Å². The summed E-state index contributed by atoms with van der Waals surface area (Å²) in [5, 5.41) is 11.0. The maximum Gasteiger partial charge on any atom is 0.304 e. The van der Waals surface area contributed by atoms with E-state index in [9.17, 15) is 65.9 Å². The number of carbonyl (C=O) groups excluding carboxylic acids is 12. The summed E-state index contributed by atoms with van der Waals surface area (Å²) in [4.78, 5) is 186. The van der Waals surface area contributed by atoms with Gasteiger partial charge in [-0.15, -0.1) is 12.3 Å². The number of likely N-dealkylation sites (tertiary alicyclic amines) is 1. The second-order valence-corrected chi connectivity index (χ2v) is 28.8. The first kappa shape index (κ1) is 81.6. The number of piperidine rings is 1. The zero-order chi connectivity index (χ0) is 74.1. The number of alkyl halides is 3. The Hall–Kier alpha value is -8.04. The van der Waals surface area contributed by atoms with Gasteiger partial charge in [0.2, 0.25) is 70.9 Å². The number of likely N-dealkylation sites (N-methyl/N-ethyl adjacent to an activating group) is 6. The molecule has 3 aliphatic rings. The van der Waals surface area contributed by atoms with Gasteiger partial charge in [0.05, 0.1) is 19.5 Å². The summed E-state index contributed by atoms with van der Waals surface area (Å²) >= 11 is 2.07. The van der Waals surface area contributed by atoms with Crippen molar-refractivity contribution >= 4 is 93.5 Å². The van der Waals surface area contributed by atoms with Crippen LogP contribution in [0.4, 0.5) is 13.2 Å². The average Bonchev–Trinajstić information content (AvgIpc) is 0.792. The third kappa shape index (κ3) is 22.0. The number of halogens is 4. The summed E-state index contributed by atoms with van der Waals surface area (Å²) in [6.45, 7) is 13.1. The minimum absolute atomic E-state index is 0.0316. The number of rotatable bonds is 15. The normalized spacial score (nSPS) is 24.8. The van der Waals surface area contributed by atoms with E-state index in [1.165, 1.54) is 90.2 Å². The maximum absolute atomic E-state index is 15.1. The second-order valence-electron chi connectivity index (χ2n) is 27.5. The predicted molar refractivity (Wildman–Crippen MR) is 371 cm³/mol. The van der Waals surface area contributed by atoms with Crippen molar-refractivity contribution in [2.75, 3.05) is 75.0 Å². The molecule has 3 heterocycles. The van der Waals surface area contributed by atoms with Crippen LogP contribution in [0.5, 0.6) is 5.75 Å². The van der Waals surface area contributed by atoms with Gasteiger partial charge in [-0.2, -0.15) is 4.39 Å². The van der Waals surface area contributed by atoms with Crippen LogP contribution in [0.15, 0.2) is 48.5 Å². The van der Waals surface area contributed by atoms with Crippen molar-refractivity contribution in [2.45, 2.75) is 193 Å². The summed E-state index contributed by atoms with van der Waals surface area (Å²) < 4.78 is 45.6. The Morgan fingerprint density at radius 1 is 0.657 bits per heavy atom. The molecule has 0 aromatic heterocycles. The van der Waals surface area contributed by atoms with Crippen LogP contribution >= 0.6 is 22.6 Å². The number of benzene rings is 2. The average molecular weight is 1500 g/mol. The highest BCUT2D eigenvalue weighted by Gasteiger charge is 2.46. The minimum atomic E-state index is -3.45. The van der Waals surface area contributed by atoms with Gasteiger partial charge in [-0.1, -0.05) is 72.2 Å². The Morgan fingerprint density at radius 2 is 1.28 bits per heavy atom. The topological polar surface area (TPSA) is 288 Å². The van der Waals surface area contributed by atoms with E-state index in [0.29, 0.717) is 43.5 Å². The Kier molecular flexibility index (Phi) is 30.4. The molecule has 0 aliphatic carbocycles. The first-order chi connectivity index (χ1) is 46.4. The molecule has 29 heteroatoms. The van der Waals surface area contributed by atoms with Crippen LogP contribution in [-0.2, 0) is 70.4 Å². The molecule has 4 N–H and O–H groups in total. The summed E-state index contributed by atoms with van der Waals surface area (Å²) in [5.41, 5.74) is -0.905. The standard InChI is InChI=1S/C70H100F3IN12O13/c1-16-22-48-64(93)84(15)70(8,9)69(98)77-50(33-41(3)4)63(92)82(13)54(67(96)85-30-19-18-20-31-85)38-56(88)81(12)52(34-42(5)6)62(91)78-58(43(7)17-2)68(97)80(11)40-57(89)86-32-29-51(86)66(95)83(14)53(37-44-25-27-47(28-26-44)99-60(73)59(71)72)65(94)79(10)39-55(87)75-49(61(90)76-48)36-45-23-21-24-46(74)35-45/h1,21,23-28,35,41-43,48-54,58-60H,17-20,22,29-34,36-40H2,2-15H3,(H,75,87)(H,76,90)(H,77,98)(H,78,91)/t43-,48-,49-,50-,51-,52-,53-,54-,58-,60?/m0/s1. The molecule has 10 atom stereocenters. The fraction of sp³-hybridized carbons (Fsp3) is 0.629. The fourth-order valence-electron chi connectivity index (χ4n) is 12.0. The molecule has 5 rings (SSSR count). The third-order valence-corrected chi connectivity index (χ3v) is 19.4. The van der Waals surface area contributed by atoms with Crippen molar-refractivity contribution < 1.29 is 75.4 Å². The molecule has 1 unspecified atom stereocenters. The molecule has 0 radical (unpaired) electrons. The largest absolute Gasteiger partial charge is 0.454 e. The van der Waals surface area contributed by atoms with Crippen LogP contribution in [0, 0.1) is 33.7 Å². The second kappa shape index (κ2) is 36.9. The van der Waals surface area contributed by atoms with Crippen LogP contribution in [0.3, 0.4) is 0 Å². The molecule has 2 aromatic carbocycles. The Bertz CT molecular complexity index is 3280. The van der Waals surface area contributed by atoms with E-state index in [1.54, 1.807) is 43.0 Å². The van der Waals surface area contributed by atoms with Crippen molar-refractivity contribution in [1.82, 2.24) is 60.5 Å². The van der Waals surface area contributed by atoms with E-state index in [2.05, 4.69) is 49.8 Å². The van der Waals surface area contributed by atoms with Crippen LogP contribution in [0.2, 0.25) is 0 Å². The molecule has 3 saturated heterocycles. The highest BCUT2D eigenvalue weighted by molar-refractivity contribution is 14.1. The van der Waals surface area contributed by atoms with Crippen molar-refractivity contribution in [3.63, 3.8) is 0 Å². The molecule has 3 aliphatic heterocycles. The highest BCUT2D eigenvalue weighted by atomic mass is 127. The number of ether oxygens (including phenoxy) is 1. The van der Waals surface area contributed by atoms with Gasteiger partial charge < -0.3 is 65.2 Å². The third-order valence-electron chi connectivity index (χ3n) is 18.8. The molecule has 12 amide bonds. The Morgan fingerprint density at radius 3 is 1.85 bits per heavy atom. The first-order valence-corrected chi connectivity index (χ1v) is 34.7. The zero-order valence-electron chi connectivity index (χ0n) is 59.4. The van der Waals surface area contributed by atoms with Gasteiger partial charge in [0.15, 0.2) is 0 Å². The van der Waals surface area contributed by atoms with E-state index in [-0.39, 0.29) is 56.2 Å². The number of amides is 12. The number of carbonyl (C=O) groups is 12. The monoisotopic (exact) mass is 1500 g/mol. The van der Waals surface area contributed by atoms with Crippen LogP contribution in [0.25, 0.3) is 0 Å². The molecule has 2 aromatic rings. The molecule has 0 bridgehead atoms. The van der Waals surface area contributed by atoms with Crippen molar-refractivity contribution in [3.05, 3.63) is 63.2 Å². The van der Waals surface area contributed by atoms with E-state index in [1.807, 2.05) is 27.7 Å². The van der Waals surface area contributed by atoms with Crippen LogP contribution in [0.1, 0.15) is 124 Å². The number of terminal acetylenes is 1.